The van der Waals surface area contributed by atoms with Gasteiger partial charge in [0.25, 0.3) is 0 Å². The van der Waals surface area contributed by atoms with Gasteiger partial charge in [0.05, 0.1) is 16.6 Å². The fourth-order valence-corrected chi connectivity index (χ4v) is 2.88. The van der Waals surface area contributed by atoms with Crippen LogP contribution in [0.1, 0.15) is 16.1 Å². The van der Waals surface area contributed by atoms with E-state index in [1.165, 1.54) is 30.3 Å². The summed E-state index contributed by atoms with van der Waals surface area (Å²) in [5.74, 6) is -2.09. The normalized spacial score (nSPS) is 12.3. The van der Waals surface area contributed by atoms with E-state index >= 15 is 0 Å². The molecule has 0 saturated carbocycles. The Balaban J connectivity index is 2.20. The molecule has 0 aliphatic rings. The van der Waals surface area contributed by atoms with Crippen LogP contribution in [0.2, 0.25) is 0 Å². The lowest BCUT2D eigenvalue weighted by Crippen LogP contribution is -1.98. The molecule has 1 aromatic heterocycles. The quantitative estimate of drug-likeness (QED) is 0.922. The first-order valence-corrected chi connectivity index (χ1v) is 7.24. The Hall–Kier alpha value is -1.47. The zero-order valence-electron chi connectivity index (χ0n) is 9.43. The minimum atomic E-state index is -1.64. The molecule has 0 aliphatic carbocycles. The van der Waals surface area contributed by atoms with Gasteiger partial charge < -0.3 is 9.52 Å². The topological polar surface area (TPSA) is 67.5 Å². The molecule has 2 aromatic rings. The molecule has 0 bridgehead atoms. The Labute approximate surface area is 118 Å². The number of carboxylic acid groups (broad SMARTS) is 1. The second kappa shape index (κ2) is 5.66. The van der Waals surface area contributed by atoms with E-state index in [1.807, 2.05) is 0 Å². The fraction of sp³-hybridized carbons (Fsp3) is 0.0833. The summed E-state index contributed by atoms with van der Waals surface area (Å²) in [6.45, 7) is 0. The maximum atomic E-state index is 13.5. The maximum absolute atomic E-state index is 13.5. The largest absolute Gasteiger partial charge is 0.475 e. The van der Waals surface area contributed by atoms with Crippen LogP contribution in [0.3, 0.4) is 0 Å². The molecular weight excluding hydrogens is 339 g/mol. The molecule has 0 radical (unpaired) electrons. The predicted molar refractivity (Wildman–Crippen MR) is 69.9 cm³/mol. The summed E-state index contributed by atoms with van der Waals surface area (Å²) in [5.41, 5.74) is 0.265. The lowest BCUT2D eigenvalue weighted by atomic mass is 10.2. The maximum Gasteiger partial charge on any atom is 0.371 e. The zero-order chi connectivity index (χ0) is 14.0. The second-order valence-electron chi connectivity index (χ2n) is 3.65. The van der Waals surface area contributed by atoms with Gasteiger partial charge in [-0.25, -0.2) is 9.18 Å². The molecule has 2 rings (SSSR count). The summed E-state index contributed by atoms with van der Waals surface area (Å²) in [5, 5.41) is 8.70. The van der Waals surface area contributed by atoms with Gasteiger partial charge in [0, 0.05) is 10.0 Å². The average Bonchev–Trinajstić information content (AvgIpc) is 2.83. The van der Waals surface area contributed by atoms with Gasteiger partial charge in [-0.1, -0.05) is 15.9 Å². The smallest absolute Gasteiger partial charge is 0.371 e. The molecule has 0 amide bonds. The Kier molecular flexibility index (Phi) is 4.16. The summed E-state index contributed by atoms with van der Waals surface area (Å²) < 4.78 is 31.0. The standard InChI is InChI=1S/C12H8BrFO4S/c13-8-1-2-9(14)7(5-8)6-19(17)11-4-3-10(18-11)12(15)16/h1-5H,6H2,(H,15,16). The van der Waals surface area contributed by atoms with Gasteiger partial charge in [0.1, 0.15) is 5.82 Å². The number of hydrogen-bond acceptors (Lipinski definition) is 3. The van der Waals surface area contributed by atoms with Crippen molar-refractivity contribution in [3.8, 4) is 0 Å². The lowest BCUT2D eigenvalue weighted by molar-refractivity contribution is 0.0656. The van der Waals surface area contributed by atoms with Crippen molar-refractivity contribution in [2.75, 3.05) is 0 Å². The van der Waals surface area contributed by atoms with Crippen LogP contribution < -0.4 is 0 Å². The Morgan fingerprint density at radius 1 is 1.37 bits per heavy atom. The molecule has 0 aliphatic heterocycles. The highest BCUT2D eigenvalue weighted by atomic mass is 79.9. The summed E-state index contributed by atoms with van der Waals surface area (Å²) >= 11 is 3.20. The highest BCUT2D eigenvalue weighted by molar-refractivity contribution is 9.10. The zero-order valence-corrected chi connectivity index (χ0v) is 11.8. The molecule has 1 heterocycles. The molecule has 1 atom stereocenters. The van der Waals surface area contributed by atoms with Crippen molar-refractivity contribution < 1.29 is 22.9 Å². The highest BCUT2D eigenvalue weighted by Crippen LogP contribution is 2.20. The molecule has 0 fully saturated rings. The van der Waals surface area contributed by atoms with Crippen LogP contribution >= 0.6 is 15.9 Å². The third kappa shape index (κ3) is 3.30. The molecule has 4 nitrogen and oxygen atoms in total. The van der Waals surface area contributed by atoms with Crippen molar-refractivity contribution in [1.29, 1.82) is 0 Å². The van der Waals surface area contributed by atoms with Gasteiger partial charge >= 0.3 is 5.97 Å². The highest BCUT2D eigenvalue weighted by Gasteiger charge is 2.15. The summed E-state index contributed by atoms with van der Waals surface area (Å²) in [7, 11) is -1.64. The van der Waals surface area contributed by atoms with E-state index in [9.17, 15) is 13.4 Å². The summed E-state index contributed by atoms with van der Waals surface area (Å²) in [6, 6.07) is 6.86. The number of halogens is 2. The second-order valence-corrected chi connectivity index (χ2v) is 5.95. The van der Waals surface area contributed by atoms with Gasteiger partial charge in [0.15, 0.2) is 5.09 Å². The van der Waals surface area contributed by atoms with Crippen LogP contribution in [-0.4, -0.2) is 15.3 Å². The van der Waals surface area contributed by atoms with Crippen LogP contribution in [0.4, 0.5) is 4.39 Å². The van der Waals surface area contributed by atoms with Crippen molar-refractivity contribution in [2.24, 2.45) is 0 Å². The number of carboxylic acids is 1. The Morgan fingerprint density at radius 2 is 2.11 bits per heavy atom. The third-order valence-electron chi connectivity index (χ3n) is 2.31. The molecular formula is C12H8BrFO4S. The number of hydrogen-bond donors (Lipinski definition) is 1. The Morgan fingerprint density at radius 3 is 2.74 bits per heavy atom. The van der Waals surface area contributed by atoms with Crippen LogP contribution in [0.15, 0.2) is 44.3 Å². The van der Waals surface area contributed by atoms with Gasteiger partial charge in [0.2, 0.25) is 5.76 Å². The van der Waals surface area contributed by atoms with Crippen LogP contribution in [0.25, 0.3) is 0 Å². The summed E-state index contributed by atoms with van der Waals surface area (Å²) in [6.07, 6.45) is 0. The molecule has 1 N–H and O–H groups in total. The van der Waals surface area contributed by atoms with Crippen molar-refractivity contribution in [3.63, 3.8) is 0 Å². The summed E-state index contributed by atoms with van der Waals surface area (Å²) in [4.78, 5) is 10.6. The van der Waals surface area contributed by atoms with Crippen molar-refractivity contribution in [1.82, 2.24) is 0 Å². The van der Waals surface area contributed by atoms with E-state index in [1.54, 1.807) is 0 Å². The molecule has 0 spiro atoms. The first kappa shape index (κ1) is 14.0. The van der Waals surface area contributed by atoms with E-state index in [2.05, 4.69) is 15.9 Å². The molecule has 0 saturated heterocycles. The van der Waals surface area contributed by atoms with E-state index < -0.39 is 22.6 Å². The van der Waals surface area contributed by atoms with Crippen LogP contribution in [0.5, 0.6) is 0 Å². The van der Waals surface area contributed by atoms with Crippen molar-refractivity contribution in [3.05, 3.63) is 51.9 Å². The Bertz CT molecular complexity index is 653. The van der Waals surface area contributed by atoms with Gasteiger partial charge in [-0.15, -0.1) is 0 Å². The van der Waals surface area contributed by atoms with Crippen LogP contribution in [0, 0.1) is 5.82 Å². The molecule has 100 valence electrons. The fourth-order valence-electron chi connectivity index (χ4n) is 1.42. The van der Waals surface area contributed by atoms with Crippen molar-refractivity contribution >= 4 is 32.7 Å². The minimum Gasteiger partial charge on any atom is -0.475 e. The van der Waals surface area contributed by atoms with E-state index in [0.717, 1.165) is 0 Å². The van der Waals surface area contributed by atoms with Crippen molar-refractivity contribution in [2.45, 2.75) is 10.8 Å². The number of benzene rings is 1. The lowest BCUT2D eigenvalue weighted by Gasteiger charge is -2.02. The molecule has 7 heteroatoms. The number of furan rings is 1. The molecule has 1 aromatic carbocycles. The van der Waals surface area contributed by atoms with E-state index in [0.29, 0.717) is 4.47 Å². The number of rotatable bonds is 4. The molecule has 1 unspecified atom stereocenters. The monoisotopic (exact) mass is 346 g/mol. The van der Waals surface area contributed by atoms with Gasteiger partial charge in [-0.05, 0) is 30.3 Å². The number of aromatic carboxylic acids is 1. The third-order valence-corrected chi connectivity index (χ3v) is 4.05. The number of carbonyl (C=O) groups is 1. The molecule has 19 heavy (non-hydrogen) atoms. The first-order chi connectivity index (χ1) is 8.97. The van der Waals surface area contributed by atoms with E-state index in [-0.39, 0.29) is 22.2 Å². The first-order valence-electron chi connectivity index (χ1n) is 5.13. The van der Waals surface area contributed by atoms with E-state index in [4.69, 9.17) is 9.52 Å². The van der Waals surface area contributed by atoms with Gasteiger partial charge in [-0.2, -0.15) is 0 Å². The average molecular weight is 347 g/mol. The minimum absolute atomic E-state index is 0.0109. The van der Waals surface area contributed by atoms with Crippen LogP contribution in [-0.2, 0) is 16.6 Å². The SMILES string of the molecule is O=C(O)c1ccc(S(=O)Cc2cc(Br)ccc2F)o1. The predicted octanol–water partition coefficient (Wildman–Crippen LogP) is 3.19. The van der Waals surface area contributed by atoms with Gasteiger partial charge in [-0.3, -0.25) is 4.21 Å².